The number of anilines is 3. The molecule has 1 heterocycles. The van der Waals surface area contributed by atoms with Gasteiger partial charge in [-0.3, -0.25) is 15.5 Å². The van der Waals surface area contributed by atoms with Crippen LogP contribution in [0.15, 0.2) is 53.7 Å². The van der Waals surface area contributed by atoms with E-state index in [4.69, 9.17) is 0 Å². The van der Waals surface area contributed by atoms with Gasteiger partial charge in [-0.25, -0.2) is 18.4 Å². The summed E-state index contributed by atoms with van der Waals surface area (Å²) in [6, 6.07) is 11.7. The summed E-state index contributed by atoms with van der Waals surface area (Å²) in [5.74, 6) is -0.362. The molecule has 0 aliphatic rings. The molecular weight excluding hydrogens is 408 g/mol. The van der Waals surface area contributed by atoms with Crippen LogP contribution in [0.1, 0.15) is 16.7 Å². The predicted molar refractivity (Wildman–Crippen MR) is 113 cm³/mol. The van der Waals surface area contributed by atoms with Gasteiger partial charge in [0.2, 0.25) is 11.6 Å². The lowest BCUT2D eigenvalue weighted by molar-refractivity contribution is -0.383. The molecule has 0 fully saturated rings. The third kappa shape index (κ3) is 4.53. The Bertz CT molecular complexity index is 1200. The highest BCUT2D eigenvalue weighted by Gasteiger charge is 2.25. The Kier molecular flexibility index (Phi) is 5.94. The van der Waals surface area contributed by atoms with Gasteiger partial charge in [0, 0.05) is 5.69 Å². The van der Waals surface area contributed by atoms with Crippen molar-refractivity contribution in [3.8, 4) is 0 Å². The first-order chi connectivity index (χ1) is 14.2. The number of hydrogen-bond donors (Lipinski definition) is 3. The fourth-order valence-electron chi connectivity index (χ4n) is 2.64. The molecule has 0 amide bonds. The van der Waals surface area contributed by atoms with Crippen LogP contribution in [0.3, 0.4) is 0 Å². The van der Waals surface area contributed by atoms with Crippen LogP contribution >= 0.6 is 0 Å². The summed E-state index contributed by atoms with van der Waals surface area (Å²) >= 11 is 0. The number of nitrogens with zero attached hydrogens (tertiary/aromatic N) is 3. The van der Waals surface area contributed by atoms with E-state index >= 15 is 0 Å². The fourth-order valence-corrected chi connectivity index (χ4v) is 3.48. The number of hydrazine groups is 1. The summed E-state index contributed by atoms with van der Waals surface area (Å²) < 4.78 is 24.9. The lowest BCUT2D eigenvalue weighted by atomic mass is 10.1. The summed E-state index contributed by atoms with van der Waals surface area (Å²) in [6.07, 6.45) is 1.10. The minimum atomic E-state index is -3.97. The second-order valence-corrected chi connectivity index (χ2v) is 8.28. The van der Waals surface area contributed by atoms with Crippen LogP contribution in [-0.2, 0) is 10.0 Å². The van der Waals surface area contributed by atoms with Crippen LogP contribution in [0.5, 0.6) is 0 Å². The average Bonchev–Trinajstić information content (AvgIpc) is 2.70. The lowest BCUT2D eigenvalue weighted by Crippen LogP contribution is -2.30. The standard InChI is InChI=1S/C19H20N6O4S/c1-12-7-9-15(10-8-12)30(28,29)24-23-19-17(25(26)27)18(20-11-21-19)22-16-6-4-5-13(2)14(16)3/h4-11,24H,1-3H3,(H2,20,21,22,23). The molecular formula is C19H20N6O4S. The SMILES string of the molecule is Cc1ccc(S(=O)(=O)NNc2ncnc(Nc3cccc(C)c3C)c2[N+](=O)[O-])cc1. The third-order valence-corrected chi connectivity index (χ3v) is 5.76. The quantitative estimate of drug-likeness (QED) is 0.384. The summed E-state index contributed by atoms with van der Waals surface area (Å²) in [6.45, 7) is 5.62. The maximum Gasteiger partial charge on any atom is 0.354 e. The number of aromatic nitrogens is 2. The highest BCUT2D eigenvalue weighted by Crippen LogP contribution is 2.32. The van der Waals surface area contributed by atoms with E-state index < -0.39 is 20.6 Å². The first-order valence-corrected chi connectivity index (χ1v) is 10.3. The molecule has 0 saturated carbocycles. The van der Waals surface area contributed by atoms with E-state index in [-0.39, 0.29) is 16.5 Å². The molecule has 3 aromatic rings. The maximum atomic E-state index is 12.5. The first-order valence-electron chi connectivity index (χ1n) is 8.86. The largest absolute Gasteiger partial charge is 0.354 e. The zero-order chi connectivity index (χ0) is 21.9. The Morgan fingerprint density at radius 2 is 1.63 bits per heavy atom. The van der Waals surface area contributed by atoms with E-state index in [0.29, 0.717) is 5.69 Å². The highest BCUT2D eigenvalue weighted by atomic mass is 32.2. The van der Waals surface area contributed by atoms with Gasteiger partial charge in [-0.15, -0.1) is 4.83 Å². The predicted octanol–water partition coefficient (Wildman–Crippen LogP) is 3.36. The minimum Gasteiger partial charge on any atom is -0.334 e. The number of nitrogens with one attached hydrogen (secondary N) is 3. The Morgan fingerprint density at radius 1 is 0.967 bits per heavy atom. The number of nitro groups is 1. The molecule has 0 bridgehead atoms. The normalized spacial score (nSPS) is 11.2. The molecule has 30 heavy (non-hydrogen) atoms. The second-order valence-electron chi connectivity index (χ2n) is 6.59. The first kappa shape index (κ1) is 21.1. The monoisotopic (exact) mass is 428 g/mol. The van der Waals surface area contributed by atoms with Crippen LogP contribution in [0.25, 0.3) is 0 Å². The average molecular weight is 428 g/mol. The van der Waals surface area contributed by atoms with Gasteiger partial charge in [0.05, 0.1) is 9.82 Å². The van der Waals surface area contributed by atoms with Crippen LogP contribution in [0.4, 0.5) is 23.0 Å². The smallest absolute Gasteiger partial charge is 0.334 e. The molecule has 11 heteroatoms. The summed E-state index contributed by atoms with van der Waals surface area (Å²) in [7, 11) is -3.97. The molecule has 0 aliphatic heterocycles. The van der Waals surface area contributed by atoms with E-state index in [1.165, 1.54) is 12.1 Å². The Balaban J connectivity index is 1.90. The summed E-state index contributed by atoms with van der Waals surface area (Å²) in [4.78, 5) is 20.9. The summed E-state index contributed by atoms with van der Waals surface area (Å²) in [5, 5.41) is 14.6. The van der Waals surface area contributed by atoms with Gasteiger partial charge in [-0.2, -0.15) is 0 Å². The van der Waals surface area contributed by atoms with Gasteiger partial charge >= 0.3 is 5.69 Å². The molecule has 1 aromatic heterocycles. The number of hydrogen-bond acceptors (Lipinski definition) is 8. The minimum absolute atomic E-state index is 0.00560. The molecule has 0 unspecified atom stereocenters. The molecule has 0 aliphatic carbocycles. The number of aryl methyl sites for hydroxylation is 2. The number of benzene rings is 2. The van der Waals surface area contributed by atoms with Crippen molar-refractivity contribution in [1.82, 2.24) is 14.8 Å². The van der Waals surface area contributed by atoms with E-state index in [9.17, 15) is 18.5 Å². The third-order valence-electron chi connectivity index (χ3n) is 4.50. The number of rotatable bonds is 7. The molecule has 156 valence electrons. The lowest BCUT2D eigenvalue weighted by Gasteiger charge is -2.13. The van der Waals surface area contributed by atoms with E-state index in [1.54, 1.807) is 18.2 Å². The fraction of sp³-hybridized carbons (Fsp3) is 0.158. The molecule has 0 saturated heterocycles. The van der Waals surface area contributed by atoms with Gasteiger partial charge in [-0.05, 0) is 50.1 Å². The van der Waals surface area contributed by atoms with Crippen LogP contribution < -0.4 is 15.6 Å². The molecule has 3 N–H and O–H groups in total. The van der Waals surface area contributed by atoms with E-state index in [2.05, 4.69) is 25.5 Å². The van der Waals surface area contributed by atoms with Crippen molar-refractivity contribution in [3.63, 3.8) is 0 Å². The van der Waals surface area contributed by atoms with Crippen molar-refractivity contribution in [2.24, 2.45) is 0 Å². The van der Waals surface area contributed by atoms with E-state index in [0.717, 1.165) is 23.0 Å². The second kappa shape index (κ2) is 8.43. The molecule has 10 nitrogen and oxygen atoms in total. The zero-order valence-electron chi connectivity index (χ0n) is 16.5. The van der Waals surface area contributed by atoms with E-state index in [1.807, 2.05) is 32.9 Å². The van der Waals surface area contributed by atoms with Gasteiger partial charge in [0.1, 0.15) is 6.33 Å². The Labute approximate surface area is 173 Å². The van der Waals surface area contributed by atoms with Gasteiger partial charge in [-0.1, -0.05) is 29.8 Å². The molecule has 3 rings (SSSR count). The van der Waals surface area contributed by atoms with Crippen LogP contribution in [-0.4, -0.2) is 23.3 Å². The molecule has 2 aromatic carbocycles. The molecule has 0 radical (unpaired) electrons. The zero-order valence-corrected chi connectivity index (χ0v) is 17.3. The van der Waals surface area contributed by atoms with Gasteiger partial charge in [0.25, 0.3) is 10.0 Å². The van der Waals surface area contributed by atoms with Crippen LogP contribution in [0.2, 0.25) is 0 Å². The maximum absolute atomic E-state index is 12.5. The van der Waals surface area contributed by atoms with Crippen LogP contribution in [0, 0.1) is 30.9 Å². The number of sulfonamides is 1. The van der Waals surface area contributed by atoms with Crippen molar-refractivity contribution < 1.29 is 13.3 Å². The highest BCUT2D eigenvalue weighted by molar-refractivity contribution is 7.89. The Morgan fingerprint density at radius 3 is 2.30 bits per heavy atom. The van der Waals surface area contributed by atoms with Gasteiger partial charge in [0.15, 0.2) is 0 Å². The van der Waals surface area contributed by atoms with Crippen molar-refractivity contribution in [3.05, 3.63) is 75.6 Å². The molecule has 0 spiro atoms. The topological polar surface area (TPSA) is 139 Å². The van der Waals surface area contributed by atoms with Crippen molar-refractivity contribution >= 4 is 33.0 Å². The summed E-state index contributed by atoms with van der Waals surface area (Å²) in [5.41, 5.74) is 5.28. The van der Waals surface area contributed by atoms with Crippen molar-refractivity contribution in [1.29, 1.82) is 0 Å². The van der Waals surface area contributed by atoms with Crippen molar-refractivity contribution in [2.75, 3.05) is 10.7 Å². The molecule has 0 atom stereocenters. The van der Waals surface area contributed by atoms with Crippen molar-refractivity contribution in [2.45, 2.75) is 25.7 Å². The van der Waals surface area contributed by atoms with Gasteiger partial charge < -0.3 is 5.32 Å². The Hall–Kier alpha value is -3.57.